The van der Waals surface area contributed by atoms with Gasteiger partial charge in [-0.25, -0.2) is 4.39 Å². The summed E-state index contributed by atoms with van der Waals surface area (Å²) < 4.78 is 21.8. The first-order valence-corrected chi connectivity index (χ1v) is 11.9. The van der Waals surface area contributed by atoms with E-state index in [9.17, 15) is 5.11 Å². The van der Waals surface area contributed by atoms with E-state index >= 15 is 4.39 Å². The molecule has 1 unspecified atom stereocenters. The van der Waals surface area contributed by atoms with E-state index < -0.39 is 6.04 Å². The second-order valence-corrected chi connectivity index (χ2v) is 9.19. The second kappa shape index (κ2) is 8.58. The number of hydrogen-bond acceptors (Lipinski definition) is 7. The van der Waals surface area contributed by atoms with Crippen LogP contribution in [0.3, 0.4) is 0 Å². The Morgan fingerprint density at radius 2 is 1.71 bits per heavy atom. The molecule has 0 radical (unpaired) electrons. The number of hydrogen-bond donors (Lipinski definition) is 1. The van der Waals surface area contributed by atoms with E-state index in [1.54, 1.807) is 30.5 Å². The number of piperazine rings is 1. The number of rotatable bonds is 5. The van der Waals surface area contributed by atoms with E-state index in [4.69, 9.17) is 4.42 Å². The lowest BCUT2D eigenvalue weighted by Crippen LogP contribution is -2.48. The predicted molar refractivity (Wildman–Crippen MR) is 129 cm³/mol. The highest BCUT2D eigenvalue weighted by Gasteiger charge is 2.33. The van der Waals surface area contributed by atoms with Gasteiger partial charge < -0.3 is 14.4 Å². The average molecular weight is 476 g/mol. The molecule has 7 nitrogen and oxygen atoms in total. The molecule has 34 heavy (non-hydrogen) atoms. The molecule has 1 atom stereocenters. The Kier molecular flexibility index (Phi) is 5.27. The van der Waals surface area contributed by atoms with Crippen molar-refractivity contribution in [3.63, 3.8) is 0 Å². The largest absolute Gasteiger partial charge is 0.492 e. The van der Waals surface area contributed by atoms with Crippen molar-refractivity contribution < 1.29 is 13.9 Å². The molecule has 1 saturated heterocycles. The van der Waals surface area contributed by atoms with Gasteiger partial charge in [0, 0.05) is 37.4 Å². The van der Waals surface area contributed by atoms with Gasteiger partial charge in [0.05, 0.1) is 17.2 Å². The van der Waals surface area contributed by atoms with Gasteiger partial charge in [-0.05, 0) is 30.3 Å². The topological polar surface area (TPSA) is 70.0 Å². The standard InChI is InChI=1S/C25H22FN5O2S/c26-19-10-5-4-9-18(19)21(30-14-12-29(13-15-30)17-7-2-1-3-8-17)22-24(32)31-25(34-22)27-23(28-31)20-11-6-16-33-20/h1-11,16,21,32H,12-15H2. The van der Waals surface area contributed by atoms with Crippen LogP contribution in [0.25, 0.3) is 16.5 Å². The molecule has 5 aromatic rings. The number of aromatic hydroxyl groups is 1. The molecule has 0 bridgehead atoms. The summed E-state index contributed by atoms with van der Waals surface area (Å²) in [5.41, 5.74) is 1.71. The molecule has 1 aliphatic heterocycles. The Hall–Kier alpha value is -3.69. The fourth-order valence-corrected chi connectivity index (χ4v) is 5.62. The molecule has 172 valence electrons. The maximum Gasteiger partial charge on any atom is 0.230 e. The van der Waals surface area contributed by atoms with E-state index in [0.717, 1.165) is 26.2 Å². The molecule has 4 heterocycles. The van der Waals surface area contributed by atoms with Crippen LogP contribution in [0, 0.1) is 5.82 Å². The van der Waals surface area contributed by atoms with E-state index in [0.29, 0.717) is 27.0 Å². The molecule has 0 amide bonds. The van der Waals surface area contributed by atoms with Crippen molar-refractivity contribution in [2.24, 2.45) is 0 Å². The maximum absolute atomic E-state index is 15.0. The Morgan fingerprint density at radius 3 is 2.41 bits per heavy atom. The van der Waals surface area contributed by atoms with Crippen LogP contribution < -0.4 is 4.90 Å². The highest BCUT2D eigenvalue weighted by atomic mass is 32.1. The third-order valence-electron chi connectivity index (χ3n) is 6.19. The molecule has 1 aliphatic rings. The van der Waals surface area contributed by atoms with Gasteiger partial charge in [0.2, 0.25) is 16.7 Å². The fourth-order valence-electron chi connectivity index (χ4n) is 4.52. The normalized spacial score (nSPS) is 15.7. The predicted octanol–water partition coefficient (Wildman–Crippen LogP) is 4.81. The summed E-state index contributed by atoms with van der Waals surface area (Å²) in [6.07, 6.45) is 1.55. The number of furan rings is 1. The van der Waals surface area contributed by atoms with Gasteiger partial charge in [0.15, 0.2) is 5.76 Å². The van der Waals surface area contributed by atoms with Gasteiger partial charge >= 0.3 is 0 Å². The van der Waals surface area contributed by atoms with Crippen molar-refractivity contribution >= 4 is 22.0 Å². The van der Waals surface area contributed by atoms with Crippen molar-refractivity contribution in [3.8, 4) is 17.5 Å². The van der Waals surface area contributed by atoms with E-state index in [1.807, 2.05) is 24.3 Å². The lowest BCUT2D eigenvalue weighted by atomic mass is 10.0. The van der Waals surface area contributed by atoms with Crippen molar-refractivity contribution in [2.45, 2.75) is 6.04 Å². The molecule has 1 N–H and O–H groups in total. The Balaban J connectivity index is 1.36. The quantitative estimate of drug-likeness (QED) is 0.394. The summed E-state index contributed by atoms with van der Waals surface area (Å²) in [5, 5.41) is 15.6. The molecule has 0 aliphatic carbocycles. The Morgan fingerprint density at radius 1 is 0.941 bits per heavy atom. The number of anilines is 1. The first-order chi connectivity index (χ1) is 16.7. The second-order valence-electron chi connectivity index (χ2n) is 8.18. The van der Waals surface area contributed by atoms with Gasteiger partial charge in [-0.2, -0.15) is 9.50 Å². The first-order valence-electron chi connectivity index (χ1n) is 11.1. The van der Waals surface area contributed by atoms with Crippen LogP contribution in [0.1, 0.15) is 16.5 Å². The summed E-state index contributed by atoms with van der Waals surface area (Å²) in [5.74, 6) is 0.605. The van der Waals surface area contributed by atoms with Crippen LogP contribution in [0.5, 0.6) is 5.88 Å². The Bertz CT molecular complexity index is 1410. The fraction of sp³-hybridized carbons (Fsp3) is 0.200. The van der Waals surface area contributed by atoms with Gasteiger partial charge in [0.1, 0.15) is 5.82 Å². The van der Waals surface area contributed by atoms with E-state index in [-0.39, 0.29) is 11.7 Å². The molecule has 2 aromatic carbocycles. The SMILES string of the molecule is Oc1c(C(c2ccccc2F)N2CCN(c3ccccc3)CC2)sc2nc(-c3ccco3)nn12. The summed E-state index contributed by atoms with van der Waals surface area (Å²) in [6.45, 7) is 3.05. The number of benzene rings is 2. The van der Waals surface area contributed by atoms with Crippen LogP contribution >= 0.6 is 11.3 Å². The maximum atomic E-state index is 15.0. The van der Waals surface area contributed by atoms with Gasteiger partial charge in [-0.3, -0.25) is 4.90 Å². The van der Waals surface area contributed by atoms with Gasteiger partial charge in [-0.1, -0.05) is 47.7 Å². The number of para-hydroxylation sites is 1. The molecule has 0 spiro atoms. The highest BCUT2D eigenvalue weighted by molar-refractivity contribution is 7.17. The van der Waals surface area contributed by atoms with E-state index in [2.05, 4.69) is 32.0 Å². The number of aromatic nitrogens is 3. The van der Waals surface area contributed by atoms with Gasteiger partial charge in [-0.15, -0.1) is 5.10 Å². The zero-order chi connectivity index (χ0) is 23.1. The van der Waals surface area contributed by atoms with Crippen molar-refractivity contribution in [1.29, 1.82) is 0 Å². The third-order valence-corrected chi connectivity index (χ3v) is 7.26. The minimum atomic E-state index is -0.445. The number of nitrogens with zero attached hydrogens (tertiary/aromatic N) is 5. The highest BCUT2D eigenvalue weighted by Crippen LogP contribution is 2.41. The molecule has 9 heteroatoms. The molecule has 3 aromatic heterocycles. The third kappa shape index (κ3) is 3.63. The molecule has 6 rings (SSSR count). The lowest BCUT2D eigenvalue weighted by Gasteiger charge is -2.40. The summed E-state index contributed by atoms with van der Waals surface area (Å²) in [4.78, 5) is 10.2. The summed E-state index contributed by atoms with van der Waals surface area (Å²) in [7, 11) is 0. The number of fused-ring (bicyclic) bond motifs is 1. The summed E-state index contributed by atoms with van der Waals surface area (Å²) >= 11 is 1.32. The molecule has 0 saturated carbocycles. The van der Waals surface area contributed by atoms with Crippen LogP contribution in [-0.2, 0) is 0 Å². The van der Waals surface area contributed by atoms with Gasteiger partial charge in [0.25, 0.3) is 0 Å². The van der Waals surface area contributed by atoms with Crippen LogP contribution in [0.2, 0.25) is 0 Å². The monoisotopic (exact) mass is 475 g/mol. The average Bonchev–Trinajstić information content (AvgIpc) is 3.61. The van der Waals surface area contributed by atoms with Crippen LogP contribution in [-0.4, -0.2) is 50.8 Å². The summed E-state index contributed by atoms with van der Waals surface area (Å²) in [6, 6.07) is 20.1. The lowest BCUT2D eigenvalue weighted by molar-refractivity contribution is 0.208. The smallest absolute Gasteiger partial charge is 0.230 e. The first kappa shape index (κ1) is 20.9. The minimum Gasteiger partial charge on any atom is -0.492 e. The van der Waals surface area contributed by atoms with Crippen molar-refractivity contribution in [1.82, 2.24) is 19.5 Å². The molecular formula is C25H22FN5O2S. The minimum absolute atomic E-state index is 0.0240. The van der Waals surface area contributed by atoms with Crippen LogP contribution in [0.15, 0.2) is 77.4 Å². The number of halogens is 1. The van der Waals surface area contributed by atoms with Crippen molar-refractivity contribution in [2.75, 3.05) is 31.1 Å². The molecular weight excluding hydrogens is 453 g/mol. The van der Waals surface area contributed by atoms with E-state index in [1.165, 1.54) is 27.6 Å². The zero-order valence-corrected chi connectivity index (χ0v) is 19.0. The number of thiazole rings is 1. The van der Waals surface area contributed by atoms with Crippen LogP contribution in [0.4, 0.5) is 10.1 Å². The van der Waals surface area contributed by atoms with Crippen molar-refractivity contribution in [3.05, 3.63) is 89.3 Å². The zero-order valence-electron chi connectivity index (χ0n) is 18.2. The Labute approximate surface area is 199 Å². The molecule has 1 fully saturated rings.